The summed E-state index contributed by atoms with van der Waals surface area (Å²) in [4.78, 5) is 104. The number of ether oxygens (including phenoxy) is 2. The van der Waals surface area contributed by atoms with E-state index in [0.717, 1.165) is 153 Å². The van der Waals surface area contributed by atoms with Crippen LogP contribution in [0.4, 0.5) is 5.13 Å². The molecule has 0 spiro atoms. The van der Waals surface area contributed by atoms with Gasteiger partial charge in [0.1, 0.15) is 31.5 Å². The monoisotopic (exact) mass is 1950 g/mol. The first-order valence-electron chi connectivity index (χ1n) is 48.2. The van der Waals surface area contributed by atoms with Gasteiger partial charge < -0.3 is 72.6 Å². The second-order valence-corrected chi connectivity index (χ2v) is 47.2. The Labute approximate surface area is 821 Å². The summed E-state index contributed by atoms with van der Waals surface area (Å²) in [5, 5.41) is 43.4. The van der Waals surface area contributed by atoms with Gasteiger partial charge in [-0.2, -0.15) is 0 Å². The maximum atomic E-state index is 11.3. The van der Waals surface area contributed by atoms with Crippen molar-refractivity contribution in [2.75, 3.05) is 167 Å². The summed E-state index contributed by atoms with van der Waals surface area (Å²) in [5.74, 6) is 2.60. The van der Waals surface area contributed by atoms with Gasteiger partial charge in [0.15, 0.2) is 22.1 Å². The molecule has 0 aliphatic carbocycles. The molecule has 1 aliphatic rings. The first-order valence-corrected chi connectivity index (χ1v) is 51.0. The average molecular weight is 1950 g/mol. The second kappa shape index (κ2) is 79.6. The SMILES string of the molecule is CC(C)(C)CCCN1C(=O)COCC1=O.CC(C)(C)CCCN=C(N)N.CC(C)(C)CCCNc1nccs1.CC(C)CCCNC(=O)CO.CCC(=O)NCCCC(C)(C)C.CN(C)/C(=N\[N+](=O)[O-])NCCCC(C)(C)C.CN(C)C(=NCCCC(C)(C)C)NS(C)(=O)=O.CN=C(NCCCC(C)(C)C)N(C)C.COCC(=O)NCCCC(C)(C)C.CON(CCCC(C)C)C(C)=O. The zero-order valence-electron chi connectivity index (χ0n) is 92.7. The van der Waals surface area contributed by atoms with Crippen LogP contribution in [0.2, 0.25) is 0 Å². The maximum Gasteiger partial charge on any atom is 0.270 e. The predicted octanol–water partition coefficient (Wildman–Crippen LogP) is 16.7. The van der Waals surface area contributed by atoms with Crippen molar-refractivity contribution in [3.63, 3.8) is 0 Å². The van der Waals surface area contributed by atoms with Gasteiger partial charge in [0.2, 0.25) is 39.6 Å². The summed E-state index contributed by atoms with van der Waals surface area (Å²) in [5.41, 5.74) is 13.2. The van der Waals surface area contributed by atoms with E-state index in [0.29, 0.717) is 95.4 Å². The van der Waals surface area contributed by atoms with Crippen LogP contribution in [-0.2, 0) is 53.1 Å². The number of aromatic nitrogens is 1. The lowest BCUT2D eigenvalue weighted by atomic mass is 9.90. The van der Waals surface area contributed by atoms with Crippen LogP contribution in [0, 0.1) is 65.3 Å². The smallest absolute Gasteiger partial charge is 0.270 e. The summed E-state index contributed by atoms with van der Waals surface area (Å²) in [6, 6.07) is 0. The third kappa shape index (κ3) is 121. The van der Waals surface area contributed by atoms with E-state index in [1.54, 1.807) is 49.3 Å². The third-order valence-corrected chi connectivity index (χ3v) is 19.5. The standard InChI is InChI=1S/C11H25N3O2S.C11H25N3.C11H19NO3.C10H22N4O2.C10H18N2S.C10H21NO2.C10H21NO.C9H19NO2.C8H19N3.C8H17NO2/c1-11(2,3)8-7-9-12-10(14(4)5)13-17(6,15)16;1-11(2,3)8-7-9-13-10(12-4)14(5)6;1-11(2,3)5-4-6-12-9(13)7-15-8-10(12)14;1-10(2,3)7-6-8-11-9(13(4)5)12-14(15)16;1-10(2,3)5-4-6-11-9-12-7-8-13-9;1-10(2,3)6-5-7-11-9(12)8-13-4;1-5-9(12)11-8-6-7-10(2,3)4;1-8(2)6-5-7-10(12-4)9(3)11;1-8(2,3)5-4-6-11-7(9)10;1-7(2)4-3-5-9-8(11)6-10/h7-9H2,1-6H3,(H,12,13);7-9H2,1-6H3,(H,12,13);4-8H2,1-3H3;6-8H2,1-5H3,(H,11,12);7-8H,4-6H2,1-3H3,(H,11,12);5-8H2,1-4H3,(H,11,12);5-8H2,1-4H3,(H,11,12);8H,5-7H2,1-4H3;4-6H2,1-3H3,(H4,9,10,11);7,10H,3-6H2,1-2H3,(H,9,11). The molecule has 0 aromatic carbocycles. The van der Waals surface area contributed by atoms with Crippen molar-refractivity contribution >= 4 is 85.8 Å². The Kier molecular flexibility index (Phi) is 84.4. The molecule has 0 bridgehead atoms. The Morgan fingerprint density at radius 1 is 0.552 bits per heavy atom. The molecule has 1 aromatic heterocycles. The Balaban J connectivity index is -0.000000220. The highest BCUT2D eigenvalue weighted by atomic mass is 32.2. The highest BCUT2D eigenvalue weighted by molar-refractivity contribution is 7.89. The fourth-order valence-electron chi connectivity index (χ4n) is 11.0. The van der Waals surface area contributed by atoms with E-state index in [9.17, 15) is 47.3 Å². The fraction of sp³-hybridized carbons (Fsp3) is 0.867. The van der Waals surface area contributed by atoms with E-state index < -0.39 is 21.7 Å². The van der Waals surface area contributed by atoms with Crippen molar-refractivity contribution in [3.8, 4) is 0 Å². The quantitative estimate of drug-likeness (QED) is 0.00728. The number of hydrogen-bond acceptors (Lipinski definition) is 20. The van der Waals surface area contributed by atoms with Crippen LogP contribution >= 0.6 is 11.3 Å². The second-order valence-electron chi connectivity index (χ2n) is 44.5. The molecule has 6 amide bonds. The Bertz CT molecular complexity index is 3350. The van der Waals surface area contributed by atoms with Crippen molar-refractivity contribution < 1.29 is 61.6 Å². The number of guanidine groups is 4. The Morgan fingerprint density at radius 2 is 0.910 bits per heavy atom. The number of rotatable bonds is 40. The number of nitrogens with one attached hydrogen (secondary N) is 7. The number of morpholine rings is 1. The van der Waals surface area contributed by atoms with Gasteiger partial charge in [0.25, 0.3) is 17.8 Å². The summed E-state index contributed by atoms with van der Waals surface area (Å²) in [6.07, 6.45) is 25.2. The van der Waals surface area contributed by atoms with Crippen LogP contribution in [-0.4, -0.2) is 269 Å². The summed E-state index contributed by atoms with van der Waals surface area (Å²) in [6.45, 7) is 72.5. The number of nitro groups is 1. The fourth-order valence-corrected chi connectivity index (χ4v) is 12.1. The number of thiazole rings is 1. The summed E-state index contributed by atoms with van der Waals surface area (Å²) in [7, 11) is 12.6. The number of nitrogens with zero attached hydrogens (tertiary/aromatic N) is 11. The summed E-state index contributed by atoms with van der Waals surface area (Å²) >= 11 is 1.66. The van der Waals surface area contributed by atoms with Gasteiger partial charge in [-0.3, -0.25) is 58.2 Å². The number of sulfonamides is 1. The minimum absolute atomic E-state index is 0.0266. The van der Waals surface area contributed by atoms with Gasteiger partial charge >= 0.3 is 0 Å². The number of aliphatic hydroxyl groups excluding tert-OH is 1. The normalized spacial score (nSPS) is 12.6. The zero-order chi connectivity index (χ0) is 106. The topological polar surface area (TPSA) is 442 Å². The molecule has 794 valence electrons. The number of amides is 6. The molecule has 1 saturated heterocycles. The van der Waals surface area contributed by atoms with E-state index >= 15 is 0 Å². The molecular weight excluding hydrogens is 1750 g/mol. The third-order valence-electron chi connectivity index (χ3n) is 18.2. The van der Waals surface area contributed by atoms with Crippen LogP contribution in [0.5, 0.6) is 0 Å². The number of aliphatic imine (C=N–C) groups is 3. The first kappa shape index (κ1) is 142. The van der Waals surface area contributed by atoms with Gasteiger partial charge in [-0.05, 0) is 184 Å². The van der Waals surface area contributed by atoms with Crippen LogP contribution < -0.4 is 48.1 Å². The molecule has 34 nitrogen and oxygen atoms in total. The highest BCUT2D eigenvalue weighted by Gasteiger charge is 2.27. The molecule has 1 aliphatic heterocycles. The number of hydrazone groups is 1. The number of anilines is 1. The minimum atomic E-state index is -3.26. The Morgan fingerprint density at radius 3 is 1.24 bits per heavy atom. The molecule has 0 saturated carbocycles. The number of carbonyl (C=O) groups excluding carboxylic acids is 6. The summed E-state index contributed by atoms with van der Waals surface area (Å²) < 4.78 is 34.2. The van der Waals surface area contributed by atoms with Gasteiger partial charge in [-0.15, -0.1) is 11.3 Å². The molecule has 0 radical (unpaired) electrons. The average Bonchev–Trinajstić information content (AvgIpc) is 1.02. The largest absolute Gasteiger partial charge is 0.387 e. The first-order chi connectivity index (χ1) is 61.1. The molecule has 2 rings (SSSR count). The van der Waals surface area contributed by atoms with E-state index in [1.807, 2.05) is 44.5 Å². The van der Waals surface area contributed by atoms with E-state index in [4.69, 9.17) is 26.1 Å². The van der Waals surface area contributed by atoms with Crippen LogP contribution in [0.1, 0.15) is 343 Å². The lowest BCUT2D eigenvalue weighted by molar-refractivity contribution is -0.485. The van der Waals surface area contributed by atoms with Crippen LogP contribution in [0.25, 0.3) is 0 Å². The van der Waals surface area contributed by atoms with E-state index in [-0.39, 0.29) is 72.1 Å². The number of carbonyl (C=O) groups is 6. The molecule has 0 unspecified atom stereocenters. The molecule has 134 heavy (non-hydrogen) atoms. The minimum Gasteiger partial charge on any atom is -0.387 e. The molecule has 1 fully saturated rings. The van der Waals surface area contributed by atoms with Gasteiger partial charge in [0, 0.05) is 147 Å². The number of imide groups is 1. The molecule has 36 heteroatoms. The number of aliphatic hydroxyl groups is 1. The molecular formula is C98H206N20O14S2. The molecule has 12 N–H and O–H groups in total. The van der Waals surface area contributed by atoms with Crippen molar-refractivity contribution in [2.45, 2.75) is 343 Å². The van der Waals surface area contributed by atoms with Crippen molar-refractivity contribution in [1.82, 2.24) is 61.0 Å². The maximum absolute atomic E-state index is 11.3. The zero-order valence-corrected chi connectivity index (χ0v) is 94.3. The van der Waals surface area contributed by atoms with Crippen molar-refractivity contribution in [3.05, 3.63) is 21.7 Å². The Hall–Kier alpha value is -7.28. The lowest BCUT2D eigenvalue weighted by Crippen LogP contribution is -2.46. The van der Waals surface area contributed by atoms with Crippen LogP contribution in [0.3, 0.4) is 0 Å². The molecule has 1 aromatic rings. The van der Waals surface area contributed by atoms with Gasteiger partial charge in [-0.1, -0.05) is 201 Å². The van der Waals surface area contributed by atoms with Crippen molar-refractivity contribution in [1.29, 1.82) is 0 Å². The highest BCUT2D eigenvalue weighted by Crippen LogP contribution is 2.26. The van der Waals surface area contributed by atoms with Crippen molar-refractivity contribution in [2.24, 2.45) is 86.7 Å². The number of hydroxylamine groups is 2. The number of methoxy groups -OCH3 is 1. The molecule has 0 atom stereocenters. The number of nitrogens with two attached hydrogens (primary N) is 2. The van der Waals surface area contributed by atoms with Gasteiger partial charge in [0.05, 0.1) is 13.4 Å². The van der Waals surface area contributed by atoms with E-state index in [2.05, 4.69) is 260 Å². The van der Waals surface area contributed by atoms with Gasteiger partial charge in [-0.25, -0.2) is 28.6 Å². The predicted molar refractivity (Wildman–Crippen MR) is 564 cm³/mol. The van der Waals surface area contributed by atoms with Crippen LogP contribution in [0.15, 0.2) is 31.7 Å². The molecule has 2 heterocycles. The van der Waals surface area contributed by atoms with E-state index in [1.165, 1.54) is 56.8 Å². The lowest BCUT2D eigenvalue weighted by Gasteiger charge is -2.26. The number of hydrogen-bond donors (Lipinski definition) is 10.